The molecule has 1 saturated heterocycles. The zero-order valence-corrected chi connectivity index (χ0v) is 11.7. The largest absolute Gasteiger partial charge is 0.416 e. The lowest BCUT2D eigenvalue weighted by atomic mass is 9.98. The van der Waals surface area contributed by atoms with Crippen LogP contribution in [0, 0.1) is 0 Å². The Kier molecular flexibility index (Phi) is 6.26. The normalized spacial score (nSPS) is 18.4. The predicted molar refractivity (Wildman–Crippen MR) is 73.0 cm³/mol. The zero-order valence-electron chi connectivity index (χ0n) is 10.9. The van der Waals surface area contributed by atoms with Crippen molar-refractivity contribution in [2.75, 3.05) is 32.8 Å². The molecule has 0 aromatic heterocycles. The minimum Gasteiger partial charge on any atom is -0.394 e. The van der Waals surface area contributed by atoms with E-state index < -0.39 is 17.8 Å². The van der Waals surface area contributed by atoms with Gasteiger partial charge in [0.15, 0.2) is 0 Å². The molecular weight excluding hydrogens is 293 g/mol. The lowest BCUT2D eigenvalue weighted by Crippen LogP contribution is -2.46. The molecule has 0 radical (unpaired) electrons. The van der Waals surface area contributed by atoms with Crippen LogP contribution in [-0.4, -0.2) is 42.8 Å². The maximum Gasteiger partial charge on any atom is 0.416 e. The van der Waals surface area contributed by atoms with Crippen LogP contribution in [0.15, 0.2) is 24.3 Å². The number of nitrogens with one attached hydrogen (secondary N) is 1. The van der Waals surface area contributed by atoms with Crippen molar-refractivity contribution in [2.45, 2.75) is 12.2 Å². The van der Waals surface area contributed by atoms with Crippen molar-refractivity contribution in [1.82, 2.24) is 10.2 Å². The van der Waals surface area contributed by atoms with Crippen LogP contribution in [-0.2, 0) is 6.18 Å². The third kappa shape index (κ3) is 3.85. The summed E-state index contributed by atoms with van der Waals surface area (Å²) in [6.07, 6.45) is -4.39. The topological polar surface area (TPSA) is 35.5 Å². The Morgan fingerprint density at radius 2 is 1.80 bits per heavy atom. The van der Waals surface area contributed by atoms with Gasteiger partial charge >= 0.3 is 6.18 Å². The number of alkyl halides is 3. The molecular formula is C13H18ClF3N2O. The minimum atomic E-state index is -4.39. The first-order chi connectivity index (χ1) is 9.04. The van der Waals surface area contributed by atoms with Gasteiger partial charge in [-0.25, -0.2) is 0 Å². The fourth-order valence-electron chi connectivity index (χ4n) is 2.45. The number of piperazine rings is 1. The monoisotopic (exact) mass is 310 g/mol. The van der Waals surface area contributed by atoms with Crippen LogP contribution < -0.4 is 5.32 Å². The van der Waals surface area contributed by atoms with E-state index in [0.29, 0.717) is 13.1 Å². The molecule has 0 saturated carbocycles. The van der Waals surface area contributed by atoms with Gasteiger partial charge in [-0.1, -0.05) is 18.2 Å². The first-order valence-electron chi connectivity index (χ1n) is 6.26. The Balaban J connectivity index is 0.00000200. The third-order valence-corrected chi connectivity index (χ3v) is 3.39. The zero-order chi connectivity index (χ0) is 13.9. The SMILES string of the molecule is Cl.OC[C@@H](c1ccccc1C(F)(F)F)N1CCNCC1. The van der Waals surface area contributed by atoms with E-state index in [1.54, 1.807) is 6.07 Å². The number of rotatable bonds is 3. The molecule has 0 unspecified atom stereocenters. The highest BCUT2D eigenvalue weighted by Crippen LogP contribution is 2.36. The number of hydrogen-bond acceptors (Lipinski definition) is 3. The van der Waals surface area contributed by atoms with E-state index >= 15 is 0 Å². The Hall–Kier alpha value is -0.820. The smallest absolute Gasteiger partial charge is 0.394 e. The summed E-state index contributed by atoms with van der Waals surface area (Å²) in [4.78, 5) is 1.89. The summed E-state index contributed by atoms with van der Waals surface area (Å²) in [5.41, 5.74) is -0.507. The molecule has 1 atom stereocenters. The van der Waals surface area contributed by atoms with Gasteiger partial charge in [-0.15, -0.1) is 12.4 Å². The number of aliphatic hydroxyl groups excluding tert-OH is 1. The summed E-state index contributed by atoms with van der Waals surface area (Å²) >= 11 is 0. The van der Waals surface area contributed by atoms with Crippen molar-refractivity contribution in [1.29, 1.82) is 0 Å². The highest BCUT2D eigenvalue weighted by molar-refractivity contribution is 5.85. The molecule has 20 heavy (non-hydrogen) atoms. The highest BCUT2D eigenvalue weighted by Gasteiger charge is 2.36. The van der Waals surface area contributed by atoms with E-state index in [1.807, 2.05) is 4.90 Å². The molecule has 7 heteroatoms. The molecule has 0 aliphatic carbocycles. The molecule has 2 rings (SSSR count). The van der Waals surface area contributed by atoms with Crippen molar-refractivity contribution in [3.05, 3.63) is 35.4 Å². The minimum absolute atomic E-state index is 0. The average Bonchev–Trinajstić information content (AvgIpc) is 2.40. The Bertz CT molecular complexity index is 422. The fourth-order valence-corrected chi connectivity index (χ4v) is 2.45. The molecule has 0 spiro atoms. The predicted octanol–water partition coefficient (Wildman–Crippen LogP) is 2.07. The Morgan fingerprint density at radius 3 is 2.35 bits per heavy atom. The Morgan fingerprint density at radius 1 is 1.20 bits per heavy atom. The van der Waals surface area contributed by atoms with Crippen molar-refractivity contribution in [3.8, 4) is 0 Å². The number of nitrogens with zero attached hydrogens (tertiary/aromatic N) is 1. The highest BCUT2D eigenvalue weighted by atomic mass is 35.5. The maximum atomic E-state index is 13.0. The first kappa shape index (κ1) is 17.2. The van der Waals surface area contributed by atoms with E-state index in [0.717, 1.165) is 19.2 Å². The molecule has 1 aromatic carbocycles. The number of halogens is 4. The first-order valence-corrected chi connectivity index (χ1v) is 6.26. The molecule has 0 amide bonds. The van der Waals surface area contributed by atoms with Gasteiger partial charge in [0.2, 0.25) is 0 Å². The number of hydrogen-bond donors (Lipinski definition) is 2. The second kappa shape index (κ2) is 7.26. The lowest BCUT2D eigenvalue weighted by molar-refractivity contribution is -0.139. The van der Waals surface area contributed by atoms with Gasteiger partial charge in [-0.2, -0.15) is 13.2 Å². The second-order valence-corrected chi connectivity index (χ2v) is 4.57. The average molecular weight is 311 g/mol. The van der Waals surface area contributed by atoms with Crippen LogP contribution in [0.1, 0.15) is 17.2 Å². The molecule has 0 bridgehead atoms. The van der Waals surface area contributed by atoms with Gasteiger partial charge in [0.1, 0.15) is 0 Å². The molecule has 1 aliphatic rings. The molecule has 1 heterocycles. The van der Waals surface area contributed by atoms with Crippen LogP contribution in [0.2, 0.25) is 0 Å². The second-order valence-electron chi connectivity index (χ2n) is 4.57. The quantitative estimate of drug-likeness (QED) is 0.897. The van der Waals surface area contributed by atoms with Gasteiger partial charge in [-0.3, -0.25) is 4.90 Å². The summed E-state index contributed by atoms with van der Waals surface area (Å²) in [7, 11) is 0. The van der Waals surface area contributed by atoms with Crippen LogP contribution >= 0.6 is 12.4 Å². The van der Waals surface area contributed by atoms with Crippen LogP contribution in [0.25, 0.3) is 0 Å². The summed E-state index contributed by atoms with van der Waals surface area (Å²) in [5, 5.41) is 12.6. The van der Waals surface area contributed by atoms with Crippen LogP contribution in [0.5, 0.6) is 0 Å². The van der Waals surface area contributed by atoms with E-state index in [-0.39, 0.29) is 24.6 Å². The van der Waals surface area contributed by atoms with Gasteiger partial charge in [0.05, 0.1) is 18.2 Å². The van der Waals surface area contributed by atoms with Crippen molar-refractivity contribution < 1.29 is 18.3 Å². The van der Waals surface area contributed by atoms with E-state index in [4.69, 9.17) is 0 Å². The Labute approximate surface area is 122 Å². The van der Waals surface area contributed by atoms with E-state index in [9.17, 15) is 18.3 Å². The van der Waals surface area contributed by atoms with Gasteiger partial charge < -0.3 is 10.4 Å². The van der Waals surface area contributed by atoms with Crippen molar-refractivity contribution >= 4 is 12.4 Å². The van der Waals surface area contributed by atoms with Gasteiger partial charge in [0.25, 0.3) is 0 Å². The molecule has 2 N–H and O–H groups in total. The summed E-state index contributed by atoms with van der Waals surface area (Å²) in [6, 6.07) is 4.87. The summed E-state index contributed by atoms with van der Waals surface area (Å²) in [6.45, 7) is 2.41. The van der Waals surface area contributed by atoms with Crippen LogP contribution in [0.3, 0.4) is 0 Å². The summed E-state index contributed by atoms with van der Waals surface area (Å²) in [5.74, 6) is 0. The van der Waals surface area contributed by atoms with E-state index in [1.165, 1.54) is 12.1 Å². The molecule has 1 aromatic rings. The van der Waals surface area contributed by atoms with Gasteiger partial charge in [-0.05, 0) is 11.6 Å². The van der Waals surface area contributed by atoms with Gasteiger partial charge in [0, 0.05) is 26.2 Å². The fraction of sp³-hybridized carbons (Fsp3) is 0.538. The van der Waals surface area contributed by atoms with Crippen LogP contribution in [0.4, 0.5) is 13.2 Å². The number of aliphatic hydroxyl groups is 1. The summed E-state index contributed by atoms with van der Waals surface area (Å²) < 4.78 is 39.0. The molecule has 3 nitrogen and oxygen atoms in total. The molecule has 1 fully saturated rings. The maximum absolute atomic E-state index is 13.0. The van der Waals surface area contributed by atoms with E-state index in [2.05, 4.69) is 5.32 Å². The van der Waals surface area contributed by atoms with Crippen molar-refractivity contribution in [3.63, 3.8) is 0 Å². The standard InChI is InChI=1S/C13H17F3N2O.ClH/c14-13(15,16)11-4-2-1-3-10(11)12(9-19)18-7-5-17-6-8-18;/h1-4,12,17,19H,5-9H2;1H/t12-;/m0./s1. The lowest BCUT2D eigenvalue weighted by Gasteiger charge is -2.35. The van der Waals surface area contributed by atoms with Crippen molar-refractivity contribution in [2.24, 2.45) is 0 Å². The third-order valence-electron chi connectivity index (χ3n) is 3.39. The molecule has 114 valence electrons. The number of benzene rings is 1. The molecule has 1 aliphatic heterocycles.